The van der Waals surface area contributed by atoms with Gasteiger partial charge in [0.1, 0.15) is 0 Å². The SMILES string of the molecule is Cc1cccc(Cn2ccc(NC(=O)C(C)Cn3nc(C(F)(F)F)cc3C)n2)c1. The van der Waals surface area contributed by atoms with Gasteiger partial charge >= 0.3 is 6.18 Å². The van der Waals surface area contributed by atoms with Crippen LogP contribution in [0.3, 0.4) is 0 Å². The third-order valence-electron chi connectivity index (χ3n) is 4.48. The molecule has 6 nitrogen and oxygen atoms in total. The van der Waals surface area contributed by atoms with Crippen molar-refractivity contribution in [2.45, 2.75) is 40.0 Å². The molecule has 0 aliphatic heterocycles. The Hall–Kier alpha value is -3.10. The van der Waals surface area contributed by atoms with Crippen molar-refractivity contribution in [2.24, 2.45) is 5.92 Å². The molecule has 3 rings (SSSR count). The van der Waals surface area contributed by atoms with Gasteiger partial charge in [-0.3, -0.25) is 14.2 Å². The lowest BCUT2D eigenvalue weighted by molar-refractivity contribution is -0.141. The quantitative estimate of drug-likeness (QED) is 0.673. The van der Waals surface area contributed by atoms with Gasteiger partial charge in [-0.1, -0.05) is 36.8 Å². The molecule has 0 bridgehead atoms. The zero-order valence-electron chi connectivity index (χ0n) is 16.4. The maximum absolute atomic E-state index is 12.8. The van der Waals surface area contributed by atoms with Crippen molar-refractivity contribution in [2.75, 3.05) is 5.32 Å². The van der Waals surface area contributed by atoms with Crippen molar-refractivity contribution in [1.82, 2.24) is 19.6 Å². The summed E-state index contributed by atoms with van der Waals surface area (Å²) in [6.45, 7) is 5.78. The number of carbonyl (C=O) groups is 1. The first-order valence-corrected chi connectivity index (χ1v) is 9.13. The molecule has 0 aliphatic rings. The van der Waals surface area contributed by atoms with E-state index in [2.05, 4.69) is 21.6 Å². The van der Waals surface area contributed by atoms with Crippen LogP contribution in [0.2, 0.25) is 0 Å². The van der Waals surface area contributed by atoms with Gasteiger partial charge < -0.3 is 5.32 Å². The van der Waals surface area contributed by atoms with Crippen LogP contribution in [0.1, 0.15) is 29.4 Å². The van der Waals surface area contributed by atoms with Crippen molar-refractivity contribution in [1.29, 1.82) is 0 Å². The Labute approximate surface area is 166 Å². The van der Waals surface area contributed by atoms with E-state index in [4.69, 9.17) is 0 Å². The molecule has 2 aromatic heterocycles. The number of halogens is 3. The Bertz CT molecular complexity index is 1010. The van der Waals surface area contributed by atoms with Crippen molar-refractivity contribution in [3.63, 3.8) is 0 Å². The van der Waals surface area contributed by atoms with Crippen LogP contribution in [0.4, 0.5) is 19.0 Å². The second-order valence-electron chi connectivity index (χ2n) is 7.13. The van der Waals surface area contributed by atoms with E-state index in [1.54, 1.807) is 23.9 Å². The van der Waals surface area contributed by atoms with Gasteiger partial charge in [0.2, 0.25) is 5.91 Å². The summed E-state index contributed by atoms with van der Waals surface area (Å²) >= 11 is 0. The second kappa shape index (κ2) is 8.10. The van der Waals surface area contributed by atoms with Gasteiger partial charge in [-0.2, -0.15) is 23.4 Å². The van der Waals surface area contributed by atoms with Crippen LogP contribution in [-0.2, 0) is 24.1 Å². The summed E-state index contributed by atoms with van der Waals surface area (Å²) < 4.78 is 41.2. The molecule has 1 aromatic carbocycles. The van der Waals surface area contributed by atoms with Gasteiger partial charge in [-0.15, -0.1) is 0 Å². The van der Waals surface area contributed by atoms with E-state index in [0.29, 0.717) is 18.1 Å². The van der Waals surface area contributed by atoms with E-state index in [9.17, 15) is 18.0 Å². The number of aromatic nitrogens is 4. The summed E-state index contributed by atoms with van der Waals surface area (Å²) in [5, 5.41) is 10.6. The minimum Gasteiger partial charge on any atom is -0.309 e. The highest BCUT2D eigenvalue weighted by molar-refractivity contribution is 5.91. The number of nitrogens with one attached hydrogen (secondary N) is 1. The molecule has 0 fully saturated rings. The summed E-state index contributed by atoms with van der Waals surface area (Å²) in [6, 6.07) is 10.7. The Kier molecular flexibility index (Phi) is 5.76. The summed E-state index contributed by atoms with van der Waals surface area (Å²) in [4.78, 5) is 12.4. The van der Waals surface area contributed by atoms with E-state index in [1.165, 1.54) is 11.6 Å². The third kappa shape index (κ3) is 5.24. The summed E-state index contributed by atoms with van der Waals surface area (Å²) in [7, 11) is 0. The Morgan fingerprint density at radius 1 is 1.17 bits per heavy atom. The Balaban J connectivity index is 1.60. The molecule has 2 heterocycles. The minimum atomic E-state index is -4.51. The fourth-order valence-electron chi connectivity index (χ4n) is 2.94. The summed E-state index contributed by atoms with van der Waals surface area (Å²) in [5.41, 5.74) is 1.63. The van der Waals surface area contributed by atoms with Crippen molar-refractivity contribution >= 4 is 11.7 Å². The molecular formula is C20H22F3N5O. The molecule has 0 saturated heterocycles. The zero-order chi connectivity index (χ0) is 21.2. The fraction of sp³-hybridized carbons (Fsp3) is 0.350. The van der Waals surface area contributed by atoms with Gasteiger partial charge in [0.05, 0.1) is 19.0 Å². The van der Waals surface area contributed by atoms with Crippen molar-refractivity contribution < 1.29 is 18.0 Å². The highest BCUT2D eigenvalue weighted by atomic mass is 19.4. The number of nitrogens with zero attached hydrogens (tertiary/aromatic N) is 4. The first-order valence-electron chi connectivity index (χ1n) is 9.13. The number of alkyl halides is 3. The zero-order valence-corrected chi connectivity index (χ0v) is 16.4. The molecule has 0 aliphatic carbocycles. The molecular weight excluding hydrogens is 383 g/mol. The normalized spacial score (nSPS) is 12.8. The predicted molar refractivity (Wildman–Crippen MR) is 102 cm³/mol. The molecule has 3 aromatic rings. The number of carbonyl (C=O) groups excluding carboxylic acids is 1. The molecule has 29 heavy (non-hydrogen) atoms. The van der Waals surface area contributed by atoms with Crippen LogP contribution in [0.25, 0.3) is 0 Å². The molecule has 1 N–H and O–H groups in total. The first-order chi connectivity index (χ1) is 13.6. The minimum absolute atomic E-state index is 0.0394. The van der Waals surface area contributed by atoms with Gasteiger partial charge in [-0.05, 0) is 25.5 Å². The predicted octanol–water partition coefficient (Wildman–Crippen LogP) is 4.04. The fourth-order valence-corrected chi connectivity index (χ4v) is 2.94. The molecule has 0 spiro atoms. The molecule has 0 radical (unpaired) electrons. The van der Waals surface area contributed by atoms with E-state index in [0.717, 1.165) is 17.2 Å². The first kappa shape index (κ1) is 20.6. The highest BCUT2D eigenvalue weighted by Crippen LogP contribution is 2.28. The van der Waals surface area contributed by atoms with Crippen molar-refractivity contribution in [3.05, 3.63) is 65.1 Å². The molecule has 9 heteroatoms. The van der Waals surface area contributed by atoms with Gasteiger partial charge in [0.15, 0.2) is 11.5 Å². The number of rotatable bonds is 6. The third-order valence-corrected chi connectivity index (χ3v) is 4.48. The maximum atomic E-state index is 12.8. The average Bonchev–Trinajstić information content (AvgIpc) is 3.21. The highest BCUT2D eigenvalue weighted by Gasteiger charge is 2.34. The number of hydrogen-bond acceptors (Lipinski definition) is 3. The summed E-state index contributed by atoms with van der Waals surface area (Å²) in [6.07, 6.45) is -2.75. The number of amides is 1. The monoisotopic (exact) mass is 405 g/mol. The van der Waals surface area contributed by atoms with Crippen LogP contribution in [0.15, 0.2) is 42.6 Å². The van der Waals surface area contributed by atoms with E-state index >= 15 is 0 Å². The number of hydrogen-bond donors (Lipinski definition) is 1. The second-order valence-corrected chi connectivity index (χ2v) is 7.13. The lowest BCUT2D eigenvalue weighted by Crippen LogP contribution is -2.25. The lowest BCUT2D eigenvalue weighted by atomic mass is 10.1. The van der Waals surface area contributed by atoms with Gasteiger partial charge in [-0.25, -0.2) is 0 Å². The van der Waals surface area contributed by atoms with E-state index < -0.39 is 17.8 Å². The van der Waals surface area contributed by atoms with Crippen LogP contribution < -0.4 is 5.32 Å². The molecule has 0 saturated carbocycles. The molecule has 1 amide bonds. The molecule has 1 unspecified atom stereocenters. The Morgan fingerprint density at radius 3 is 2.59 bits per heavy atom. The Morgan fingerprint density at radius 2 is 1.93 bits per heavy atom. The van der Waals surface area contributed by atoms with Gasteiger partial charge in [0, 0.05) is 18.0 Å². The largest absolute Gasteiger partial charge is 0.435 e. The number of benzene rings is 1. The van der Waals surface area contributed by atoms with Gasteiger partial charge in [0.25, 0.3) is 0 Å². The van der Waals surface area contributed by atoms with Crippen LogP contribution in [0.5, 0.6) is 0 Å². The van der Waals surface area contributed by atoms with E-state index in [1.807, 2.05) is 25.1 Å². The van der Waals surface area contributed by atoms with Crippen LogP contribution in [0, 0.1) is 19.8 Å². The number of anilines is 1. The maximum Gasteiger partial charge on any atom is 0.435 e. The lowest BCUT2D eigenvalue weighted by Gasteiger charge is -2.12. The van der Waals surface area contributed by atoms with E-state index in [-0.39, 0.29) is 12.5 Å². The smallest absolute Gasteiger partial charge is 0.309 e. The summed E-state index contributed by atoms with van der Waals surface area (Å²) in [5.74, 6) is -0.534. The topological polar surface area (TPSA) is 64.7 Å². The molecule has 1 atom stereocenters. The average molecular weight is 405 g/mol. The van der Waals surface area contributed by atoms with Crippen molar-refractivity contribution in [3.8, 4) is 0 Å². The van der Waals surface area contributed by atoms with Crippen LogP contribution >= 0.6 is 0 Å². The standard InChI is InChI=1S/C20H22F3N5O/c1-13-5-4-6-16(9-13)12-27-8-7-18(26-27)24-19(29)14(2)11-28-15(3)10-17(25-28)20(21,22)23/h4-10,14H,11-12H2,1-3H3,(H,24,26,29). The molecule has 154 valence electrons. The van der Waals surface area contributed by atoms with Crippen LogP contribution in [-0.4, -0.2) is 25.5 Å². The number of aryl methyl sites for hydroxylation is 2.